The Labute approximate surface area is 84.7 Å². The van der Waals surface area contributed by atoms with Gasteiger partial charge in [-0.15, -0.1) is 6.58 Å². The number of allylic oxidation sites excluding steroid dienone is 1. The SMILES string of the molecule is C=C(C)CC1C2COC(O2)C(C)C1O. The monoisotopic (exact) mass is 198 g/mol. The average Bonchev–Trinajstić information content (AvgIpc) is 2.55. The Bertz CT molecular complexity index is 239. The highest BCUT2D eigenvalue weighted by Crippen LogP contribution is 2.38. The van der Waals surface area contributed by atoms with Gasteiger partial charge in [-0.1, -0.05) is 12.5 Å². The summed E-state index contributed by atoms with van der Waals surface area (Å²) in [6, 6.07) is 0. The fourth-order valence-electron chi connectivity index (χ4n) is 2.37. The minimum atomic E-state index is -0.321. The number of aliphatic hydroxyl groups is 1. The number of hydrogen-bond acceptors (Lipinski definition) is 3. The molecule has 0 aromatic rings. The van der Waals surface area contributed by atoms with Crippen LogP contribution in [0, 0.1) is 11.8 Å². The van der Waals surface area contributed by atoms with E-state index in [1.54, 1.807) is 0 Å². The first-order valence-electron chi connectivity index (χ1n) is 5.19. The molecule has 0 saturated carbocycles. The Morgan fingerprint density at radius 2 is 2.29 bits per heavy atom. The van der Waals surface area contributed by atoms with Crippen LogP contribution in [-0.2, 0) is 9.47 Å². The van der Waals surface area contributed by atoms with E-state index in [0.717, 1.165) is 12.0 Å². The molecule has 0 aliphatic carbocycles. The maximum Gasteiger partial charge on any atom is 0.163 e. The van der Waals surface area contributed by atoms with Crippen LogP contribution in [0.2, 0.25) is 0 Å². The van der Waals surface area contributed by atoms with Crippen LogP contribution in [0.15, 0.2) is 12.2 Å². The molecule has 2 rings (SSSR count). The van der Waals surface area contributed by atoms with Crippen molar-refractivity contribution in [1.29, 1.82) is 0 Å². The lowest BCUT2D eigenvalue weighted by Gasteiger charge is -2.36. The first-order chi connectivity index (χ1) is 6.59. The predicted octanol–water partition coefficient (Wildman–Crippen LogP) is 1.32. The maximum atomic E-state index is 10.1. The van der Waals surface area contributed by atoms with Gasteiger partial charge in [0.2, 0.25) is 0 Å². The van der Waals surface area contributed by atoms with Gasteiger partial charge in [0.05, 0.1) is 18.8 Å². The Balaban J connectivity index is 2.10. The summed E-state index contributed by atoms with van der Waals surface area (Å²) in [5.41, 5.74) is 1.09. The molecule has 5 unspecified atom stereocenters. The molecule has 5 atom stereocenters. The zero-order chi connectivity index (χ0) is 10.3. The minimum Gasteiger partial charge on any atom is -0.392 e. The van der Waals surface area contributed by atoms with E-state index in [4.69, 9.17) is 9.47 Å². The largest absolute Gasteiger partial charge is 0.392 e. The molecule has 0 radical (unpaired) electrons. The average molecular weight is 198 g/mol. The van der Waals surface area contributed by atoms with Crippen LogP contribution < -0.4 is 0 Å². The smallest absolute Gasteiger partial charge is 0.163 e. The van der Waals surface area contributed by atoms with Crippen molar-refractivity contribution in [3.63, 3.8) is 0 Å². The van der Waals surface area contributed by atoms with Crippen LogP contribution in [0.5, 0.6) is 0 Å². The summed E-state index contributed by atoms with van der Waals surface area (Å²) >= 11 is 0. The fraction of sp³-hybridized carbons (Fsp3) is 0.818. The van der Waals surface area contributed by atoms with E-state index in [1.165, 1.54) is 0 Å². The fourth-order valence-corrected chi connectivity index (χ4v) is 2.37. The van der Waals surface area contributed by atoms with E-state index in [2.05, 4.69) is 6.58 Å². The first-order valence-corrected chi connectivity index (χ1v) is 5.19. The molecule has 3 nitrogen and oxygen atoms in total. The van der Waals surface area contributed by atoms with Crippen molar-refractivity contribution in [1.82, 2.24) is 0 Å². The Kier molecular flexibility index (Phi) is 2.64. The second kappa shape index (κ2) is 3.65. The molecule has 2 bridgehead atoms. The van der Waals surface area contributed by atoms with E-state index in [1.807, 2.05) is 13.8 Å². The Morgan fingerprint density at radius 1 is 1.57 bits per heavy atom. The molecule has 0 aromatic carbocycles. The molecule has 3 heteroatoms. The van der Waals surface area contributed by atoms with Crippen molar-refractivity contribution in [3.05, 3.63) is 12.2 Å². The van der Waals surface area contributed by atoms with Gasteiger partial charge < -0.3 is 14.6 Å². The quantitative estimate of drug-likeness (QED) is 0.680. The van der Waals surface area contributed by atoms with E-state index in [0.29, 0.717) is 6.61 Å². The predicted molar refractivity (Wildman–Crippen MR) is 52.7 cm³/mol. The van der Waals surface area contributed by atoms with Gasteiger partial charge in [0.25, 0.3) is 0 Å². The molecule has 14 heavy (non-hydrogen) atoms. The van der Waals surface area contributed by atoms with Gasteiger partial charge in [0.15, 0.2) is 6.29 Å². The van der Waals surface area contributed by atoms with Gasteiger partial charge in [0.1, 0.15) is 0 Å². The third kappa shape index (κ3) is 1.60. The lowest BCUT2D eigenvalue weighted by molar-refractivity contribution is -0.178. The van der Waals surface area contributed by atoms with Gasteiger partial charge >= 0.3 is 0 Å². The van der Waals surface area contributed by atoms with Crippen LogP contribution in [0.3, 0.4) is 0 Å². The second-order valence-electron chi connectivity index (χ2n) is 4.55. The minimum absolute atomic E-state index is 0.0582. The standard InChI is InChI=1S/C11H18O3/c1-6(2)4-8-9-5-13-11(14-9)7(3)10(8)12/h7-12H,1,4-5H2,2-3H3. The molecule has 2 aliphatic rings. The molecule has 0 aromatic heterocycles. The summed E-state index contributed by atoms with van der Waals surface area (Å²) in [7, 11) is 0. The zero-order valence-corrected chi connectivity index (χ0v) is 8.77. The van der Waals surface area contributed by atoms with E-state index in [-0.39, 0.29) is 30.3 Å². The van der Waals surface area contributed by atoms with Crippen LogP contribution in [0.1, 0.15) is 20.3 Å². The van der Waals surface area contributed by atoms with Gasteiger partial charge in [-0.2, -0.15) is 0 Å². The molecule has 0 amide bonds. The van der Waals surface area contributed by atoms with Gasteiger partial charge in [-0.05, 0) is 13.3 Å². The lowest BCUT2D eigenvalue weighted by atomic mass is 9.82. The van der Waals surface area contributed by atoms with Gasteiger partial charge in [-0.25, -0.2) is 0 Å². The third-order valence-corrected chi connectivity index (χ3v) is 3.20. The van der Waals surface area contributed by atoms with Crippen LogP contribution in [0.4, 0.5) is 0 Å². The highest BCUT2D eigenvalue weighted by atomic mass is 16.7. The maximum absolute atomic E-state index is 10.1. The molecule has 2 fully saturated rings. The van der Waals surface area contributed by atoms with Crippen molar-refractivity contribution < 1.29 is 14.6 Å². The summed E-state index contributed by atoms with van der Waals surface area (Å²) in [4.78, 5) is 0. The molecular formula is C11H18O3. The second-order valence-corrected chi connectivity index (χ2v) is 4.55. The highest BCUT2D eigenvalue weighted by Gasteiger charge is 2.47. The van der Waals surface area contributed by atoms with Crippen molar-refractivity contribution in [3.8, 4) is 0 Å². The van der Waals surface area contributed by atoms with Gasteiger partial charge in [0, 0.05) is 11.8 Å². The zero-order valence-electron chi connectivity index (χ0n) is 8.77. The Hall–Kier alpha value is -0.380. The molecule has 0 spiro atoms. The van der Waals surface area contributed by atoms with Crippen molar-refractivity contribution in [2.75, 3.05) is 6.61 Å². The summed E-state index contributed by atoms with van der Waals surface area (Å²) in [5, 5.41) is 10.1. The molecule has 2 heterocycles. The summed E-state index contributed by atoms with van der Waals surface area (Å²) in [6.45, 7) is 8.46. The number of rotatable bonds is 2. The lowest BCUT2D eigenvalue weighted by Crippen LogP contribution is -2.45. The summed E-state index contributed by atoms with van der Waals surface area (Å²) in [6.07, 6.45) is 0.365. The van der Waals surface area contributed by atoms with Crippen molar-refractivity contribution in [2.45, 2.75) is 38.8 Å². The van der Waals surface area contributed by atoms with Crippen molar-refractivity contribution in [2.24, 2.45) is 11.8 Å². The number of ether oxygens (including phenoxy) is 2. The molecule has 1 N–H and O–H groups in total. The van der Waals surface area contributed by atoms with Gasteiger partial charge in [-0.3, -0.25) is 0 Å². The number of fused-ring (bicyclic) bond motifs is 2. The number of hydrogen-bond donors (Lipinski definition) is 1. The van der Waals surface area contributed by atoms with E-state index >= 15 is 0 Å². The molecule has 2 saturated heterocycles. The molecule has 2 aliphatic heterocycles. The highest BCUT2D eigenvalue weighted by molar-refractivity contribution is 4.99. The van der Waals surface area contributed by atoms with E-state index in [9.17, 15) is 5.11 Å². The van der Waals surface area contributed by atoms with Crippen LogP contribution in [0.25, 0.3) is 0 Å². The number of aliphatic hydroxyl groups excluding tert-OH is 1. The Morgan fingerprint density at radius 3 is 2.93 bits per heavy atom. The van der Waals surface area contributed by atoms with E-state index < -0.39 is 0 Å². The topological polar surface area (TPSA) is 38.7 Å². The first kappa shape index (κ1) is 10.1. The normalized spacial score (nSPS) is 46.6. The summed E-state index contributed by atoms with van der Waals surface area (Å²) in [5.74, 6) is 0.222. The van der Waals surface area contributed by atoms with Crippen LogP contribution in [-0.4, -0.2) is 30.2 Å². The molecule has 80 valence electrons. The summed E-state index contributed by atoms with van der Waals surface area (Å²) < 4.78 is 11.1. The molecular weight excluding hydrogens is 180 g/mol. The van der Waals surface area contributed by atoms with Crippen LogP contribution >= 0.6 is 0 Å². The third-order valence-electron chi connectivity index (χ3n) is 3.20. The van der Waals surface area contributed by atoms with Crippen molar-refractivity contribution >= 4 is 0 Å².